The van der Waals surface area contributed by atoms with Gasteiger partial charge in [0.2, 0.25) is 5.96 Å². The molecule has 1 aliphatic rings. The van der Waals surface area contributed by atoms with Crippen molar-refractivity contribution in [2.24, 2.45) is 10.8 Å². The standard InChI is InChI=1S/C12H17ClN4/c1-8(9-2-4-10(13)5-3-9)15-12(17-14)16-11-6-7-11/h2-5,8,11H,6-7,14H2,1H3,(H2,15,16,17). The van der Waals surface area contributed by atoms with Gasteiger partial charge in [-0.3, -0.25) is 5.43 Å². The zero-order valence-electron chi connectivity index (χ0n) is 9.78. The fourth-order valence-corrected chi connectivity index (χ4v) is 1.67. The van der Waals surface area contributed by atoms with E-state index in [0.717, 1.165) is 23.4 Å². The number of nitrogens with two attached hydrogens (primary N) is 1. The molecule has 0 radical (unpaired) electrons. The largest absolute Gasteiger partial charge is 0.349 e. The van der Waals surface area contributed by atoms with Crippen LogP contribution in [0, 0.1) is 0 Å². The van der Waals surface area contributed by atoms with Crippen LogP contribution in [0.2, 0.25) is 5.02 Å². The molecule has 1 unspecified atom stereocenters. The Hall–Kier alpha value is -1.26. The van der Waals surface area contributed by atoms with Gasteiger partial charge in [-0.25, -0.2) is 10.8 Å². The van der Waals surface area contributed by atoms with Crippen molar-refractivity contribution in [1.29, 1.82) is 0 Å². The number of nitrogens with zero attached hydrogens (tertiary/aromatic N) is 1. The average Bonchev–Trinajstić information content (AvgIpc) is 3.13. The van der Waals surface area contributed by atoms with Crippen molar-refractivity contribution in [3.63, 3.8) is 0 Å². The lowest BCUT2D eigenvalue weighted by atomic mass is 10.1. The van der Waals surface area contributed by atoms with Crippen LogP contribution in [0.3, 0.4) is 0 Å². The molecule has 0 amide bonds. The van der Waals surface area contributed by atoms with E-state index < -0.39 is 0 Å². The van der Waals surface area contributed by atoms with Crippen molar-refractivity contribution < 1.29 is 0 Å². The first-order valence-corrected chi connectivity index (χ1v) is 6.13. The topological polar surface area (TPSA) is 62.4 Å². The summed E-state index contributed by atoms with van der Waals surface area (Å²) >= 11 is 5.85. The van der Waals surface area contributed by atoms with Gasteiger partial charge in [0.25, 0.3) is 0 Å². The number of hydrazine groups is 1. The predicted molar refractivity (Wildman–Crippen MR) is 70.8 cm³/mol. The Morgan fingerprint density at radius 2 is 2.06 bits per heavy atom. The number of hydrogen-bond acceptors (Lipinski definition) is 2. The van der Waals surface area contributed by atoms with Crippen LogP contribution in [0.1, 0.15) is 31.4 Å². The Balaban J connectivity index is 1.99. The minimum Gasteiger partial charge on any atom is -0.349 e. The Labute approximate surface area is 106 Å². The minimum atomic E-state index is 0.140. The highest BCUT2D eigenvalue weighted by Crippen LogP contribution is 2.23. The number of nitrogens with one attached hydrogen (secondary N) is 2. The Kier molecular flexibility index (Phi) is 3.86. The van der Waals surface area contributed by atoms with E-state index in [1.807, 2.05) is 24.3 Å². The molecule has 1 aliphatic carbocycles. The molecule has 17 heavy (non-hydrogen) atoms. The lowest BCUT2D eigenvalue weighted by Gasteiger charge is -2.16. The molecule has 5 heteroatoms. The number of hydrogen-bond donors (Lipinski definition) is 3. The zero-order chi connectivity index (χ0) is 12.3. The molecule has 0 saturated heterocycles. The second-order valence-corrected chi connectivity index (χ2v) is 4.71. The molecule has 92 valence electrons. The van der Waals surface area contributed by atoms with Crippen molar-refractivity contribution in [3.8, 4) is 0 Å². The number of halogens is 1. The van der Waals surface area contributed by atoms with Gasteiger partial charge < -0.3 is 5.32 Å². The average molecular weight is 253 g/mol. The van der Waals surface area contributed by atoms with E-state index in [-0.39, 0.29) is 6.04 Å². The van der Waals surface area contributed by atoms with Gasteiger partial charge in [0.05, 0.1) is 12.1 Å². The SMILES string of the molecule is CC(NC(=NC1CC1)NN)c1ccc(Cl)cc1. The van der Waals surface area contributed by atoms with E-state index in [9.17, 15) is 0 Å². The maximum absolute atomic E-state index is 5.85. The van der Waals surface area contributed by atoms with Gasteiger partial charge in [0, 0.05) is 5.02 Å². The van der Waals surface area contributed by atoms with Gasteiger partial charge >= 0.3 is 0 Å². The number of aliphatic imine (C=N–C) groups is 1. The van der Waals surface area contributed by atoms with Gasteiger partial charge in [0.1, 0.15) is 0 Å². The third-order valence-electron chi connectivity index (χ3n) is 2.72. The number of rotatable bonds is 3. The molecule has 1 aromatic rings. The van der Waals surface area contributed by atoms with Crippen molar-refractivity contribution in [3.05, 3.63) is 34.9 Å². The molecule has 0 heterocycles. The summed E-state index contributed by atoms with van der Waals surface area (Å²) in [6.07, 6.45) is 2.31. The van der Waals surface area contributed by atoms with Crippen LogP contribution in [0.25, 0.3) is 0 Å². The summed E-state index contributed by atoms with van der Waals surface area (Å²) in [6, 6.07) is 8.31. The Morgan fingerprint density at radius 1 is 1.41 bits per heavy atom. The molecule has 0 bridgehead atoms. The maximum atomic E-state index is 5.85. The first kappa shape index (κ1) is 12.2. The lowest BCUT2D eigenvalue weighted by Crippen LogP contribution is -2.42. The van der Waals surface area contributed by atoms with Crippen LogP contribution < -0.4 is 16.6 Å². The quantitative estimate of drug-likeness (QED) is 0.334. The van der Waals surface area contributed by atoms with E-state index in [1.165, 1.54) is 0 Å². The predicted octanol–water partition coefficient (Wildman–Crippen LogP) is 1.97. The van der Waals surface area contributed by atoms with Gasteiger partial charge in [0.15, 0.2) is 0 Å². The van der Waals surface area contributed by atoms with Crippen LogP contribution in [0.15, 0.2) is 29.3 Å². The molecule has 4 nitrogen and oxygen atoms in total. The lowest BCUT2D eigenvalue weighted by molar-refractivity contribution is 0.687. The summed E-state index contributed by atoms with van der Waals surface area (Å²) in [5, 5.41) is 3.99. The molecular formula is C12H17ClN4. The zero-order valence-corrected chi connectivity index (χ0v) is 10.5. The monoisotopic (exact) mass is 252 g/mol. The summed E-state index contributed by atoms with van der Waals surface area (Å²) in [5.74, 6) is 6.08. The van der Waals surface area contributed by atoms with Crippen molar-refractivity contribution >= 4 is 17.6 Å². The third-order valence-corrected chi connectivity index (χ3v) is 2.97. The second kappa shape index (κ2) is 5.38. The van der Waals surface area contributed by atoms with E-state index >= 15 is 0 Å². The summed E-state index contributed by atoms with van der Waals surface area (Å²) < 4.78 is 0. The molecule has 0 aliphatic heterocycles. The highest BCUT2D eigenvalue weighted by molar-refractivity contribution is 6.30. The molecule has 1 atom stereocenters. The van der Waals surface area contributed by atoms with Gasteiger partial charge in [-0.15, -0.1) is 0 Å². The molecule has 4 N–H and O–H groups in total. The maximum Gasteiger partial charge on any atom is 0.206 e. The van der Waals surface area contributed by atoms with E-state index in [0.29, 0.717) is 12.0 Å². The highest BCUT2D eigenvalue weighted by Gasteiger charge is 2.21. The van der Waals surface area contributed by atoms with Crippen LogP contribution in [0.5, 0.6) is 0 Å². The van der Waals surface area contributed by atoms with Crippen LogP contribution >= 0.6 is 11.6 Å². The molecule has 1 saturated carbocycles. The second-order valence-electron chi connectivity index (χ2n) is 4.27. The van der Waals surface area contributed by atoms with Crippen molar-refractivity contribution in [1.82, 2.24) is 10.7 Å². The first-order chi connectivity index (χ1) is 8.19. The third kappa shape index (κ3) is 3.61. The van der Waals surface area contributed by atoms with Crippen LogP contribution in [0.4, 0.5) is 0 Å². The molecule has 0 aromatic heterocycles. The summed E-state index contributed by atoms with van der Waals surface area (Å²) in [6.45, 7) is 2.06. The first-order valence-electron chi connectivity index (χ1n) is 5.75. The fraction of sp³-hybridized carbons (Fsp3) is 0.417. The van der Waals surface area contributed by atoms with Gasteiger partial charge in [-0.2, -0.15) is 0 Å². The normalized spacial score (nSPS) is 17.7. The molecule has 2 rings (SSSR count). The fourth-order valence-electron chi connectivity index (χ4n) is 1.54. The Bertz CT molecular complexity index is 397. The molecule has 1 aromatic carbocycles. The van der Waals surface area contributed by atoms with Crippen molar-refractivity contribution in [2.45, 2.75) is 31.8 Å². The molecule has 0 spiro atoms. The summed E-state index contributed by atoms with van der Waals surface area (Å²) in [7, 11) is 0. The van der Waals surface area contributed by atoms with Crippen LogP contribution in [-0.4, -0.2) is 12.0 Å². The number of benzene rings is 1. The smallest absolute Gasteiger partial charge is 0.206 e. The Morgan fingerprint density at radius 3 is 2.59 bits per heavy atom. The van der Waals surface area contributed by atoms with E-state index in [4.69, 9.17) is 17.4 Å². The summed E-state index contributed by atoms with van der Waals surface area (Å²) in [5.41, 5.74) is 3.74. The van der Waals surface area contributed by atoms with Crippen molar-refractivity contribution in [2.75, 3.05) is 0 Å². The van der Waals surface area contributed by atoms with Gasteiger partial charge in [-0.05, 0) is 37.5 Å². The summed E-state index contributed by atoms with van der Waals surface area (Å²) in [4.78, 5) is 4.43. The van der Waals surface area contributed by atoms with E-state index in [1.54, 1.807) is 0 Å². The van der Waals surface area contributed by atoms with Crippen LogP contribution in [-0.2, 0) is 0 Å². The number of guanidine groups is 1. The van der Waals surface area contributed by atoms with Gasteiger partial charge in [-0.1, -0.05) is 23.7 Å². The minimum absolute atomic E-state index is 0.140. The molecular weight excluding hydrogens is 236 g/mol. The highest BCUT2D eigenvalue weighted by atomic mass is 35.5. The molecule has 1 fully saturated rings. The van der Waals surface area contributed by atoms with E-state index in [2.05, 4.69) is 22.7 Å².